The number of rotatable bonds is 3. The Labute approximate surface area is 117 Å². The Morgan fingerprint density at radius 3 is 3.10 bits per heavy atom. The van der Waals surface area contributed by atoms with Gasteiger partial charge in [0.1, 0.15) is 0 Å². The van der Waals surface area contributed by atoms with Crippen molar-refractivity contribution < 1.29 is 9.90 Å². The molecule has 1 saturated heterocycles. The largest absolute Gasteiger partial charge is 0.478 e. The maximum Gasteiger partial charge on any atom is 0.337 e. The highest BCUT2D eigenvalue weighted by Crippen LogP contribution is 2.27. The number of para-hydroxylation sites is 1. The van der Waals surface area contributed by atoms with Crippen molar-refractivity contribution in [3.8, 4) is 0 Å². The molecule has 0 spiro atoms. The lowest BCUT2D eigenvalue weighted by molar-refractivity contribution is 0.0698. The van der Waals surface area contributed by atoms with Gasteiger partial charge in [0.2, 0.25) is 0 Å². The van der Waals surface area contributed by atoms with Crippen LogP contribution in [0.15, 0.2) is 24.5 Å². The van der Waals surface area contributed by atoms with E-state index in [0.29, 0.717) is 11.6 Å². The molecule has 1 unspecified atom stereocenters. The summed E-state index contributed by atoms with van der Waals surface area (Å²) in [6, 6.07) is 5.60. The Kier molecular flexibility index (Phi) is 3.44. The second kappa shape index (κ2) is 5.25. The smallest absolute Gasteiger partial charge is 0.337 e. The molecular formula is C15H19N3O2. The fourth-order valence-corrected chi connectivity index (χ4v) is 3.08. The van der Waals surface area contributed by atoms with Gasteiger partial charge in [-0.15, -0.1) is 0 Å². The minimum atomic E-state index is -0.888. The zero-order valence-electron chi connectivity index (χ0n) is 11.6. The number of fused-ring (bicyclic) bond motifs is 1. The maximum atomic E-state index is 11.4. The van der Waals surface area contributed by atoms with Crippen LogP contribution in [-0.2, 0) is 0 Å². The Bertz CT molecular complexity index is 635. The Morgan fingerprint density at radius 2 is 2.35 bits per heavy atom. The van der Waals surface area contributed by atoms with Crippen molar-refractivity contribution in [2.24, 2.45) is 0 Å². The summed E-state index contributed by atoms with van der Waals surface area (Å²) in [7, 11) is 0. The zero-order chi connectivity index (χ0) is 14.1. The Hall–Kier alpha value is -1.88. The summed E-state index contributed by atoms with van der Waals surface area (Å²) in [6.45, 7) is 5.30. The number of aromatic carboxylic acids is 1. The van der Waals surface area contributed by atoms with Gasteiger partial charge in [-0.2, -0.15) is 0 Å². The Morgan fingerprint density at radius 1 is 1.50 bits per heavy atom. The number of aromatic nitrogens is 2. The van der Waals surface area contributed by atoms with Crippen molar-refractivity contribution in [2.45, 2.75) is 25.8 Å². The van der Waals surface area contributed by atoms with E-state index in [4.69, 9.17) is 0 Å². The fourth-order valence-electron chi connectivity index (χ4n) is 3.08. The molecule has 20 heavy (non-hydrogen) atoms. The molecule has 1 aliphatic rings. The van der Waals surface area contributed by atoms with Gasteiger partial charge in [0, 0.05) is 12.6 Å². The SMILES string of the molecule is CCN1CCCC(n2cnc3cccc(C(=O)O)c32)C1. The number of imidazole rings is 1. The summed E-state index contributed by atoms with van der Waals surface area (Å²) in [5.74, 6) is -0.888. The molecule has 3 rings (SSSR count). The first kappa shape index (κ1) is 13.1. The van der Waals surface area contributed by atoms with Crippen LogP contribution in [-0.4, -0.2) is 45.2 Å². The van der Waals surface area contributed by atoms with Crippen molar-refractivity contribution in [1.29, 1.82) is 0 Å². The van der Waals surface area contributed by atoms with Crippen LogP contribution in [0.2, 0.25) is 0 Å². The molecule has 106 valence electrons. The topological polar surface area (TPSA) is 58.4 Å². The predicted octanol–water partition coefficient (Wildman–Crippen LogP) is 2.39. The zero-order valence-corrected chi connectivity index (χ0v) is 11.6. The molecule has 5 nitrogen and oxygen atoms in total. The molecular weight excluding hydrogens is 254 g/mol. The summed E-state index contributed by atoms with van der Waals surface area (Å²) in [5, 5.41) is 9.37. The molecule has 1 aliphatic heterocycles. The van der Waals surface area contributed by atoms with E-state index in [1.165, 1.54) is 0 Å². The van der Waals surface area contributed by atoms with E-state index in [0.717, 1.165) is 43.5 Å². The van der Waals surface area contributed by atoms with Gasteiger partial charge >= 0.3 is 5.97 Å². The van der Waals surface area contributed by atoms with Crippen LogP contribution in [0.4, 0.5) is 0 Å². The molecule has 5 heteroatoms. The fraction of sp³-hybridized carbons (Fsp3) is 0.467. The number of nitrogens with zero attached hydrogens (tertiary/aromatic N) is 3. The van der Waals surface area contributed by atoms with Crippen molar-refractivity contribution in [2.75, 3.05) is 19.6 Å². The molecule has 0 amide bonds. The lowest BCUT2D eigenvalue weighted by Crippen LogP contribution is -2.36. The van der Waals surface area contributed by atoms with E-state index >= 15 is 0 Å². The van der Waals surface area contributed by atoms with Crippen LogP contribution >= 0.6 is 0 Å². The van der Waals surface area contributed by atoms with Crippen molar-refractivity contribution in [3.63, 3.8) is 0 Å². The summed E-state index contributed by atoms with van der Waals surface area (Å²) in [6.07, 6.45) is 4.02. The van der Waals surface area contributed by atoms with Gasteiger partial charge < -0.3 is 14.6 Å². The van der Waals surface area contributed by atoms with Crippen molar-refractivity contribution in [1.82, 2.24) is 14.5 Å². The molecule has 2 heterocycles. The molecule has 0 aliphatic carbocycles. The first-order valence-corrected chi connectivity index (χ1v) is 7.12. The number of carbonyl (C=O) groups is 1. The molecule has 0 saturated carbocycles. The monoisotopic (exact) mass is 273 g/mol. The standard InChI is InChI=1S/C15H19N3O2/c1-2-17-8-4-5-11(9-17)18-10-16-13-7-3-6-12(14(13)18)15(19)20/h3,6-7,10-11H,2,4-5,8-9H2,1H3,(H,19,20). The van der Waals surface area contributed by atoms with Crippen LogP contribution in [0.1, 0.15) is 36.2 Å². The highest BCUT2D eigenvalue weighted by molar-refractivity contribution is 6.01. The summed E-state index contributed by atoms with van der Waals surface area (Å²) < 4.78 is 2.06. The molecule has 1 fully saturated rings. The molecule has 0 radical (unpaired) electrons. The molecule has 1 N–H and O–H groups in total. The normalized spacial score (nSPS) is 20.4. The van der Waals surface area contributed by atoms with Crippen LogP contribution in [0.3, 0.4) is 0 Å². The van der Waals surface area contributed by atoms with Gasteiger partial charge in [-0.05, 0) is 38.1 Å². The number of carboxylic acid groups (broad SMARTS) is 1. The van der Waals surface area contributed by atoms with Gasteiger partial charge in [0.25, 0.3) is 0 Å². The average Bonchev–Trinajstić information content (AvgIpc) is 2.91. The van der Waals surface area contributed by atoms with Gasteiger partial charge in [0.15, 0.2) is 0 Å². The van der Waals surface area contributed by atoms with Gasteiger partial charge in [-0.25, -0.2) is 9.78 Å². The van der Waals surface area contributed by atoms with Crippen molar-refractivity contribution >= 4 is 17.0 Å². The predicted molar refractivity (Wildman–Crippen MR) is 77.1 cm³/mol. The minimum Gasteiger partial charge on any atom is -0.478 e. The molecule has 1 aromatic carbocycles. The lowest BCUT2D eigenvalue weighted by atomic mass is 10.0. The maximum absolute atomic E-state index is 11.4. The highest BCUT2D eigenvalue weighted by atomic mass is 16.4. The first-order valence-electron chi connectivity index (χ1n) is 7.12. The molecule has 1 atom stereocenters. The van der Waals surface area contributed by atoms with E-state index in [1.807, 2.05) is 6.07 Å². The summed E-state index contributed by atoms with van der Waals surface area (Å²) >= 11 is 0. The average molecular weight is 273 g/mol. The van der Waals surface area contributed by atoms with E-state index in [1.54, 1.807) is 18.5 Å². The van der Waals surface area contributed by atoms with Gasteiger partial charge in [-0.1, -0.05) is 13.0 Å². The minimum absolute atomic E-state index is 0.314. The Balaban J connectivity index is 2.05. The van der Waals surface area contributed by atoms with E-state index in [2.05, 4.69) is 21.4 Å². The first-order chi connectivity index (χ1) is 9.70. The third-order valence-electron chi connectivity index (χ3n) is 4.15. The lowest BCUT2D eigenvalue weighted by Gasteiger charge is -2.32. The molecule has 1 aromatic heterocycles. The van der Waals surface area contributed by atoms with E-state index in [-0.39, 0.29) is 0 Å². The van der Waals surface area contributed by atoms with Crippen LogP contribution < -0.4 is 0 Å². The number of piperidine rings is 1. The van der Waals surface area contributed by atoms with Crippen LogP contribution in [0.25, 0.3) is 11.0 Å². The van der Waals surface area contributed by atoms with Crippen LogP contribution in [0, 0.1) is 0 Å². The highest BCUT2D eigenvalue weighted by Gasteiger charge is 2.23. The molecule has 0 bridgehead atoms. The van der Waals surface area contributed by atoms with Crippen LogP contribution in [0.5, 0.6) is 0 Å². The van der Waals surface area contributed by atoms with E-state index in [9.17, 15) is 9.90 Å². The van der Waals surface area contributed by atoms with Gasteiger partial charge in [0.05, 0.1) is 22.9 Å². The third-order valence-corrected chi connectivity index (χ3v) is 4.15. The quantitative estimate of drug-likeness (QED) is 0.933. The third kappa shape index (κ3) is 2.18. The van der Waals surface area contributed by atoms with Crippen molar-refractivity contribution in [3.05, 3.63) is 30.1 Å². The number of hydrogen-bond donors (Lipinski definition) is 1. The number of likely N-dealkylation sites (tertiary alicyclic amines) is 1. The number of carboxylic acids is 1. The number of benzene rings is 1. The summed E-state index contributed by atoms with van der Waals surface area (Å²) in [5.41, 5.74) is 1.86. The number of hydrogen-bond acceptors (Lipinski definition) is 3. The van der Waals surface area contributed by atoms with E-state index < -0.39 is 5.97 Å². The summed E-state index contributed by atoms with van der Waals surface area (Å²) in [4.78, 5) is 18.2. The number of likely N-dealkylation sites (N-methyl/N-ethyl adjacent to an activating group) is 1. The second-order valence-corrected chi connectivity index (χ2v) is 5.32. The van der Waals surface area contributed by atoms with Gasteiger partial charge in [-0.3, -0.25) is 0 Å². The molecule has 2 aromatic rings. The second-order valence-electron chi connectivity index (χ2n) is 5.32.